The number of carbonyl (C=O) groups is 1. The van der Waals surface area contributed by atoms with Gasteiger partial charge in [-0.2, -0.15) is 0 Å². The summed E-state index contributed by atoms with van der Waals surface area (Å²) in [5.41, 5.74) is -1.21. The summed E-state index contributed by atoms with van der Waals surface area (Å²) in [5, 5.41) is 17.6. The second-order valence-corrected chi connectivity index (χ2v) is 3.57. The SMILES string of the molecule is O=C(Cn1ccc(=O)[nH]c1=O)N(CCO)CCO. The number of aromatic amines is 1. The maximum absolute atomic E-state index is 11.8. The van der Waals surface area contributed by atoms with Gasteiger partial charge in [-0.1, -0.05) is 0 Å². The van der Waals surface area contributed by atoms with Gasteiger partial charge in [0.25, 0.3) is 5.56 Å². The van der Waals surface area contributed by atoms with Crippen LogP contribution in [0.2, 0.25) is 0 Å². The Balaban J connectivity index is 2.78. The van der Waals surface area contributed by atoms with Crippen molar-refractivity contribution in [3.8, 4) is 0 Å². The molecular formula is C10H15N3O5. The molecule has 0 bridgehead atoms. The molecule has 0 aliphatic carbocycles. The van der Waals surface area contributed by atoms with Crippen LogP contribution >= 0.6 is 0 Å². The van der Waals surface area contributed by atoms with Gasteiger partial charge in [0.1, 0.15) is 6.54 Å². The molecule has 1 rings (SSSR count). The summed E-state index contributed by atoms with van der Waals surface area (Å²) in [6, 6.07) is 1.14. The lowest BCUT2D eigenvalue weighted by atomic mass is 10.4. The highest BCUT2D eigenvalue weighted by molar-refractivity contribution is 5.75. The number of nitrogens with zero attached hydrogens (tertiary/aromatic N) is 2. The van der Waals surface area contributed by atoms with E-state index in [1.54, 1.807) is 0 Å². The minimum atomic E-state index is -0.677. The van der Waals surface area contributed by atoms with Crippen molar-refractivity contribution in [2.45, 2.75) is 6.54 Å². The zero-order chi connectivity index (χ0) is 13.5. The van der Waals surface area contributed by atoms with Gasteiger partial charge in [-0.15, -0.1) is 0 Å². The largest absolute Gasteiger partial charge is 0.395 e. The lowest BCUT2D eigenvalue weighted by Gasteiger charge is -2.20. The van der Waals surface area contributed by atoms with Crippen molar-refractivity contribution in [1.29, 1.82) is 0 Å². The monoisotopic (exact) mass is 257 g/mol. The number of aliphatic hydroxyl groups excluding tert-OH is 2. The fraction of sp³-hybridized carbons (Fsp3) is 0.500. The van der Waals surface area contributed by atoms with Gasteiger partial charge in [-0.25, -0.2) is 4.79 Å². The standard InChI is InChI=1S/C10H15N3O5/c14-5-3-12(4-6-15)9(17)7-13-2-1-8(16)11-10(13)18/h1-2,14-15H,3-7H2,(H,11,16,18). The van der Waals surface area contributed by atoms with Crippen LogP contribution in [-0.2, 0) is 11.3 Å². The molecule has 0 fully saturated rings. The van der Waals surface area contributed by atoms with E-state index in [9.17, 15) is 14.4 Å². The van der Waals surface area contributed by atoms with Gasteiger partial charge in [0.15, 0.2) is 0 Å². The first-order chi connectivity index (χ1) is 8.58. The van der Waals surface area contributed by atoms with Gasteiger partial charge in [0.2, 0.25) is 5.91 Å². The van der Waals surface area contributed by atoms with E-state index in [-0.39, 0.29) is 32.8 Å². The molecule has 1 amide bonds. The highest BCUT2D eigenvalue weighted by atomic mass is 16.3. The number of amides is 1. The second kappa shape index (κ2) is 6.72. The summed E-state index contributed by atoms with van der Waals surface area (Å²) >= 11 is 0. The fourth-order valence-corrected chi connectivity index (χ4v) is 1.42. The molecule has 1 aromatic heterocycles. The topological polar surface area (TPSA) is 116 Å². The first kappa shape index (κ1) is 14.1. The van der Waals surface area contributed by atoms with Crippen LogP contribution in [0.5, 0.6) is 0 Å². The van der Waals surface area contributed by atoms with Crippen molar-refractivity contribution in [2.24, 2.45) is 0 Å². The minimum absolute atomic E-state index is 0.0809. The van der Waals surface area contributed by atoms with Crippen LogP contribution in [0.3, 0.4) is 0 Å². The molecule has 3 N–H and O–H groups in total. The molecule has 0 radical (unpaired) electrons. The number of hydrogen-bond acceptors (Lipinski definition) is 5. The Morgan fingerprint density at radius 3 is 2.39 bits per heavy atom. The summed E-state index contributed by atoms with van der Waals surface area (Å²) in [6.45, 7) is -0.552. The van der Waals surface area contributed by atoms with Crippen molar-refractivity contribution in [3.63, 3.8) is 0 Å². The summed E-state index contributed by atoms with van der Waals surface area (Å²) in [4.78, 5) is 37.2. The number of aromatic nitrogens is 2. The average Bonchev–Trinajstić information content (AvgIpc) is 2.32. The number of rotatable bonds is 6. The molecule has 18 heavy (non-hydrogen) atoms. The molecule has 0 saturated carbocycles. The van der Waals surface area contributed by atoms with E-state index in [4.69, 9.17) is 10.2 Å². The van der Waals surface area contributed by atoms with Crippen LogP contribution in [0.25, 0.3) is 0 Å². The van der Waals surface area contributed by atoms with Crippen molar-refractivity contribution >= 4 is 5.91 Å². The molecule has 0 saturated heterocycles. The Hall–Kier alpha value is -1.93. The normalized spacial score (nSPS) is 10.3. The fourth-order valence-electron chi connectivity index (χ4n) is 1.42. The zero-order valence-corrected chi connectivity index (χ0v) is 9.70. The van der Waals surface area contributed by atoms with Gasteiger partial charge in [0, 0.05) is 25.4 Å². The second-order valence-electron chi connectivity index (χ2n) is 3.57. The Morgan fingerprint density at radius 2 is 1.89 bits per heavy atom. The molecule has 0 unspecified atom stereocenters. The van der Waals surface area contributed by atoms with E-state index in [1.165, 1.54) is 11.1 Å². The first-order valence-electron chi connectivity index (χ1n) is 5.37. The Bertz CT molecular complexity index is 501. The van der Waals surface area contributed by atoms with Gasteiger partial charge >= 0.3 is 5.69 Å². The third-order valence-electron chi connectivity index (χ3n) is 2.29. The number of hydrogen-bond donors (Lipinski definition) is 3. The molecule has 100 valence electrons. The van der Waals surface area contributed by atoms with Crippen LogP contribution in [0.4, 0.5) is 0 Å². The number of aliphatic hydroxyl groups is 2. The van der Waals surface area contributed by atoms with Crippen molar-refractivity contribution in [1.82, 2.24) is 14.5 Å². The summed E-state index contributed by atoms with van der Waals surface area (Å²) in [7, 11) is 0. The lowest BCUT2D eigenvalue weighted by Crippen LogP contribution is -2.40. The predicted molar refractivity (Wildman–Crippen MR) is 62.1 cm³/mol. The van der Waals surface area contributed by atoms with E-state index >= 15 is 0 Å². The number of carbonyl (C=O) groups excluding carboxylic acids is 1. The van der Waals surface area contributed by atoms with Gasteiger partial charge in [-0.05, 0) is 0 Å². The Labute approximate surface area is 102 Å². The van der Waals surface area contributed by atoms with Crippen molar-refractivity contribution < 1.29 is 15.0 Å². The zero-order valence-electron chi connectivity index (χ0n) is 9.70. The van der Waals surface area contributed by atoms with E-state index in [0.717, 1.165) is 10.6 Å². The molecule has 0 aromatic carbocycles. The average molecular weight is 257 g/mol. The Morgan fingerprint density at radius 1 is 1.28 bits per heavy atom. The maximum atomic E-state index is 11.8. The first-order valence-corrected chi connectivity index (χ1v) is 5.37. The molecule has 0 aliphatic heterocycles. The minimum Gasteiger partial charge on any atom is -0.395 e. The highest BCUT2D eigenvalue weighted by Crippen LogP contribution is 1.91. The molecule has 0 spiro atoms. The van der Waals surface area contributed by atoms with Gasteiger partial charge in [-0.3, -0.25) is 19.1 Å². The molecule has 1 aromatic rings. The summed E-state index contributed by atoms with van der Waals surface area (Å²) in [5.74, 6) is -0.424. The lowest BCUT2D eigenvalue weighted by molar-refractivity contribution is -0.133. The van der Waals surface area contributed by atoms with E-state index in [1.807, 2.05) is 4.98 Å². The molecule has 0 aliphatic rings. The number of H-pyrrole nitrogens is 1. The quantitative estimate of drug-likeness (QED) is 0.515. The third-order valence-corrected chi connectivity index (χ3v) is 2.29. The number of nitrogens with one attached hydrogen (secondary N) is 1. The molecule has 8 nitrogen and oxygen atoms in total. The van der Waals surface area contributed by atoms with Crippen LogP contribution in [-0.4, -0.2) is 56.9 Å². The molecule has 8 heteroatoms. The Kier molecular flexibility index (Phi) is 5.28. The molecule has 0 atom stereocenters. The molecular weight excluding hydrogens is 242 g/mol. The summed E-state index contributed by atoms with van der Waals surface area (Å²) < 4.78 is 1.05. The highest BCUT2D eigenvalue weighted by Gasteiger charge is 2.13. The maximum Gasteiger partial charge on any atom is 0.328 e. The van der Waals surface area contributed by atoms with E-state index in [2.05, 4.69) is 0 Å². The van der Waals surface area contributed by atoms with Crippen LogP contribution in [0.15, 0.2) is 21.9 Å². The van der Waals surface area contributed by atoms with Crippen molar-refractivity contribution in [2.75, 3.05) is 26.3 Å². The molecule has 1 heterocycles. The van der Waals surface area contributed by atoms with E-state index in [0.29, 0.717) is 0 Å². The van der Waals surface area contributed by atoms with Crippen LogP contribution in [0.1, 0.15) is 0 Å². The van der Waals surface area contributed by atoms with Gasteiger partial charge < -0.3 is 15.1 Å². The van der Waals surface area contributed by atoms with Crippen molar-refractivity contribution in [3.05, 3.63) is 33.1 Å². The van der Waals surface area contributed by atoms with Crippen LogP contribution < -0.4 is 11.2 Å². The van der Waals surface area contributed by atoms with Crippen LogP contribution in [0, 0.1) is 0 Å². The smallest absolute Gasteiger partial charge is 0.328 e. The third kappa shape index (κ3) is 3.82. The predicted octanol–water partition coefficient (Wildman–Crippen LogP) is -2.65. The summed E-state index contributed by atoms with van der Waals surface area (Å²) in [6.07, 6.45) is 1.22. The van der Waals surface area contributed by atoms with E-state index < -0.39 is 17.2 Å². The van der Waals surface area contributed by atoms with Gasteiger partial charge in [0.05, 0.1) is 13.2 Å².